The fourth-order valence-corrected chi connectivity index (χ4v) is 0.454. The van der Waals surface area contributed by atoms with Crippen LogP contribution in [-0.4, -0.2) is 33.8 Å². The molecule has 1 radical (unpaired) electrons. The summed E-state index contributed by atoms with van der Waals surface area (Å²) in [7, 11) is 0. The molecule has 0 saturated carbocycles. The summed E-state index contributed by atoms with van der Waals surface area (Å²) in [6.07, 6.45) is 0. The Hall–Kier alpha value is 1.42. The molecule has 6 heavy (non-hydrogen) atoms. The standard InChI is InChI=1S/Na.O3S2/c;1-5-2-4-3-5. The smallest absolute Gasteiger partial charge is 0.195 e. The summed E-state index contributed by atoms with van der Waals surface area (Å²) >= 11 is -0.684. The van der Waals surface area contributed by atoms with Crippen molar-refractivity contribution in [1.82, 2.24) is 0 Å². The normalized spacial score (nSPS) is 21.3. The Balaban J connectivity index is 0.000000250. The Kier molecular flexibility index (Phi) is 4.24. The van der Waals surface area contributed by atoms with Gasteiger partial charge >= 0.3 is 11.4 Å². The second-order valence-electron chi connectivity index (χ2n) is 0.408. The van der Waals surface area contributed by atoms with Crippen LogP contribution in [0.15, 0.2) is 0 Å². The first-order valence-corrected chi connectivity index (χ1v) is 2.50. The molecular weight excluding hydrogens is 135 g/mol. The molecule has 1 saturated heterocycles. The first-order chi connectivity index (χ1) is 2.39. The summed E-state index contributed by atoms with van der Waals surface area (Å²) in [6.45, 7) is 0. The van der Waals surface area contributed by atoms with E-state index in [2.05, 4.69) is 7.26 Å². The van der Waals surface area contributed by atoms with Crippen LogP contribution in [0, 0.1) is 0 Å². The van der Waals surface area contributed by atoms with Crippen molar-refractivity contribution in [3.63, 3.8) is 0 Å². The van der Waals surface area contributed by atoms with Crippen molar-refractivity contribution in [2.75, 3.05) is 0 Å². The van der Waals surface area contributed by atoms with E-state index in [4.69, 9.17) is 0 Å². The van der Waals surface area contributed by atoms with Gasteiger partial charge in [0, 0.05) is 29.6 Å². The summed E-state index contributed by atoms with van der Waals surface area (Å²) in [5.41, 5.74) is 0. The molecule has 1 aliphatic heterocycles. The van der Waals surface area contributed by atoms with Gasteiger partial charge in [0.15, 0.2) is 12.3 Å². The first kappa shape index (κ1) is 7.42. The van der Waals surface area contributed by atoms with Gasteiger partial charge in [-0.05, 0) is 0 Å². The molecule has 0 aromatic carbocycles. The topological polar surface area (TPSA) is 35.5 Å². The Labute approximate surface area is 64.3 Å². The van der Waals surface area contributed by atoms with Gasteiger partial charge in [0.05, 0.1) is 0 Å². The molecule has 1 fully saturated rings. The van der Waals surface area contributed by atoms with E-state index in [1.165, 1.54) is 0 Å². The van der Waals surface area contributed by atoms with Crippen LogP contribution in [0.3, 0.4) is 0 Å². The molecule has 0 spiro atoms. The maximum absolute atomic E-state index is 9.55. The van der Waals surface area contributed by atoms with Gasteiger partial charge in [0.25, 0.3) is 0 Å². The van der Waals surface area contributed by atoms with Crippen LogP contribution in [-0.2, 0) is 18.6 Å². The van der Waals surface area contributed by atoms with Gasteiger partial charge < -0.3 is 0 Å². The van der Waals surface area contributed by atoms with Crippen LogP contribution in [0.1, 0.15) is 0 Å². The van der Waals surface area contributed by atoms with E-state index in [0.717, 1.165) is 12.3 Å². The van der Waals surface area contributed by atoms with Gasteiger partial charge in [-0.3, -0.25) is 0 Å². The molecule has 0 aromatic rings. The SMILES string of the molecule is O=S1OSO1.[Na]. The third kappa shape index (κ3) is 1.92. The van der Waals surface area contributed by atoms with E-state index in [1.807, 2.05) is 0 Å². The van der Waals surface area contributed by atoms with Crippen LogP contribution in [0.2, 0.25) is 0 Å². The third-order valence-corrected chi connectivity index (χ3v) is 1.50. The minimum atomic E-state index is -1.43. The molecule has 3 nitrogen and oxygen atoms in total. The minimum Gasteiger partial charge on any atom is -0.195 e. The van der Waals surface area contributed by atoms with Crippen molar-refractivity contribution in [3.05, 3.63) is 0 Å². The summed E-state index contributed by atoms with van der Waals surface area (Å²) in [5.74, 6) is 0. The Morgan fingerprint density at radius 3 is 1.83 bits per heavy atom. The zero-order chi connectivity index (χ0) is 3.70. The minimum absolute atomic E-state index is 0. The number of rotatable bonds is 0. The molecule has 0 aliphatic carbocycles. The maximum atomic E-state index is 9.55. The van der Waals surface area contributed by atoms with Crippen molar-refractivity contribution in [3.8, 4) is 0 Å². The van der Waals surface area contributed by atoms with Gasteiger partial charge in [-0.2, -0.15) is 11.5 Å². The maximum Gasteiger partial charge on any atom is 0.332 e. The van der Waals surface area contributed by atoms with E-state index in [0.29, 0.717) is 0 Å². The molecule has 0 bridgehead atoms. The molecule has 6 heteroatoms. The molecule has 0 N–H and O–H groups in total. The van der Waals surface area contributed by atoms with Gasteiger partial charge in [-0.15, -0.1) is 0 Å². The monoisotopic (exact) mass is 135 g/mol. The van der Waals surface area contributed by atoms with E-state index in [1.54, 1.807) is 0 Å². The van der Waals surface area contributed by atoms with Gasteiger partial charge in [-0.1, -0.05) is 0 Å². The van der Waals surface area contributed by atoms with E-state index < -0.39 is 11.4 Å². The number of hydrogen-bond acceptors (Lipinski definition) is 4. The van der Waals surface area contributed by atoms with Crippen molar-refractivity contribution < 1.29 is 11.5 Å². The molecule has 0 atom stereocenters. The zero-order valence-electron chi connectivity index (χ0n) is 3.04. The molecule has 31 valence electrons. The van der Waals surface area contributed by atoms with Crippen molar-refractivity contribution >= 4 is 53.2 Å². The zero-order valence-corrected chi connectivity index (χ0v) is 6.67. The number of hydrogen-bond donors (Lipinski definition) is 0. The predicted molar refractivity (Wildman–Crippen MR) is 23.7 cm³/mol. The molecule has 0 unspecified atom stereocenters. The van der Waals surface area contributed by atoms with Crippen LogP contribution in [0.4, 0.5) is 0 Å². The van der Waals surface area contributed by atoms with Gasteiger partial charge in [0.1, 0.15) is 0 Å². The molecule has 1 aliphatic rings. The van der Waals surface area contributed by atoms with Crippen molar-refractivity contribution in [2.24, 2.45) is 0 Å². The first-order valence-electron chi connectivity index (χ1n) is 0.833. The summed E-state index contributed by atoms with van der Waals surface area (Å²) in [4.78, 5) is 0. The second kappa shape index (κ2) is 3.43. The Morgan fingerprint density at radius 1 is 1.50 bits per heavy atom. The van der Waals surface area contributed by atoms with Crippen LogP contribution in [0.5, 0.6) is 0 Å². The summed E-state index contributed by atoms with van der Waals surface area (Å²) in [6, 6.07) is 0. The summed E-state index contributed by atoms with van der Waals surface area (Å²) < 4.78 is 17.7. The van der Waals surface area contributed by atoms with Crippen LogP contribution >= 0.6 is 12.3 Å². The molecule has 1 rings (SSSR count). The van der Waals surface area contributed by atoms with E-state index in [9.17, 15) is 4.21 Å². The average molecular weight is 135 g/mol. The summed E-state index contributed by atoms with van der Waals surface area (Å²) in [5, 5.41) is 0. The fourth-order valence-electron chi connectivity index (χ4n) is 0.0505. The Morgan fingerprint density at radius 2 is 1.83 bits per heavy atom. The van der Waals surface area contributed by atoms with Crippen molar-refractivity contribution in [2.45, 2.75) is 0 Å². The van der Waals surface area contributed by atoms with E-state index >= 15 is 0 Å². The fraction of sp³-hybridized carbons (Fsp3) is 0. The largest absolute Gasteiger partial charge is 0.332 e. The predicted octanol–water partition coefficient (Wildman–Crippen LogP) is -0.206. The van der Waals surface area contributed by atoms with E-state index in [-0.39, 0.29) is 29.6 Å². The Bertz CT molecular complexity index is 55.8. The van der Waals surface area contributed by atoms with Gasteiger partial charge in [0.2, 0.25) is 0 Å². The molecular formula is NaO3S2. The molecule has 0 aromatic heterocycles. The second-order valence-corrected chi connectivity index (χ2v) is 2.04. The van der Waals surface area contributed by atoms with Gasteiger partial charge in [-0.25, -0.2) is 0 Å². The third-order valence-electron chi connectivity index (χ3n) is 0.167. The van der Waals surface area contributed by atoms with Crippen molar-refractivity contribution in [1.29, 1.82) is 0 Å². The molecule has 0 amide bonds. The molecule has 1 heterocycles. The van der Waals surface area contributed by atoms with Crippen LogP contribution < -0.4 is 0 Å². The quantitative estimate of drug-likeness (QED) is 0.340. The van der Waals surface area contributed by atoms with Crippen LogP contribution in [0.25, 0.3) is 0 Å². The average Bonchev–Trinajstić information content (AvgIpc) is 1.30.